The second-order valence-electron chi connectivity index (χ2n) is 9.76. The summed E-state index contributed by atoms with van der Waals surface area (Å²) in [4.78, 5) is 24.0. The number of benzene rings is 2. The van der Waals surface area contributed by atoms with E-state index in [2.05, 4.69) is 34.1 Å². The Labute approximate surface area is 235 Å². The first kappa shape index (κ1) is 25.6. The van der Waals surface area contributed by atoms with Crippen LogP contribution in [0.5, 0.6) is 5.75 Å². The Morgan fingerprint density at radius 2 is 1.87 bits per heavy atom. The molecule has 2 N–H and O–H groups in total. The number of ether oxygens (including phenoxy) is 1. The molecule has 6 rings (SSSR count). The molecule has 7 nitrogen and oxygen atoms in total. The minimum absolute atomic E-state index is 0.294. The maximum atomic E-state index is 11.9. The molecular formula is C30H28ClN5O2S. The number of hydrogen-bond acceptors (Lipinski definition) is 7. The number of hydrogen-bond donors (Lipinski definition) is 1. The molecule has 1 fully saturated rings. The van der Waals surface area contributed by atoms with Crippen LogP contribution < -0.4 is 15.4 Å². The van der Waals surface area contributed by atoms with Crippen LogP contribution in [0.15, 0.2) is 73.2 Å². The van der Waals surface area contributed by atoms with Gasteiger partial charge in [0.25, 0.3) is 0 Å². The van der Waals surface area contributed by atoms with Gasteiger partial charge in [-0.3, -0.25) is 9.36 Å². The van der Waals surface area contributed by atoms with Gasteiger partial charge in [0.1, 0.15) is 33.9 Å². The van der Waals surface area contributed by atoms with E-state index in [1.165, 1.54) is 11.3 Å². The van der Waals surface area contributed by atoms with Crippen molar-refractivity contribution < 1.29 is 9.53 Å². The lowest BCUT2D eigenvalue weighted by Gasteiger charge is -2.31. The van der Waals surface area contributed by atoms with E-state index in [0.29, 0.717) is 21.7 Å². The number of piperidine rings is 1. The third-order valence-electron chi connectivity index (χ3n) is 7.20. The Balaban J connectivity index is 1.24. The highest BCUT2D eigenvalue weighted by Gasteiger charge is 2.19. The number of carbonyl (C=O) groups is 1. The molecule has 9 heteroatoms. The largest absolute Gasteiger partial charge is 0.484 e. The number of aromatic nitrogens is 3. The Morgan fingerprint density at radius 1 is 1.08 bits per heavy atom. The number of nitrogens with two attached hydrogens (primary N) is 1. The molecule has 4 heterocycles. The molecule has 39 heavy (non-hydrogen) atoms. The van der Waals surface area contributed by atoms with Gasteiger partial charge in [-0.25, -0.2) is 9.97 Å². The van der Waals surface area contributed by atoms with E-state index < -0.39 is 0 Å². The molecule has 1 aliphatic heterocycles. The molecule has 1 atom stereocenters. The monoisotopic (exact) mass is 557 g/mol. The second-order valence-corrected chi connectivity index (χ2v) is 11.2. The van der Waals surface area contributed by atoms with Crippen LogP contribution in [0.4, 0.5) is 5.82 Å². The molecular weight excluding hydrogens is 530 g/mol. The first-order valence-corrected chi connectivity index (χ1v) is 14.1. The predicted octanol–water partition coefficient (Wildman–Crippen LogP) is 6.68. The summed E-state index contributed by atoms with van der Waals surface area (Å²) in [6, 6.07) is 20.1. The highest BCUT2D eigenvalue weighted by Crippen LogP contribution is 2.36. The number of rotatable bonds is 7. The van der Waals surface area contributed by atoms with Crippen LogP contribution in [0.3, 0.4) is 0 Å². The molecule has 0 aliphatic carbocycles. The molecule has 0 radical (unpaired) electrons. The minimum atomic E-state index is -0.311. The van der Waals surface area contributed by atoms with Crippen molar-refractivity contribution >= 4 is 46.1 Å². The first-order valence-electron chi connectivity index (χ1n) is 12.9. The lowest BCUT2D eigenvalue weighted by atomic mass is 10.1. The topological polar surface area (TPSA) is 86.3 Å². The number of aldehydes is 1. The Hall–Kier alpha value is -3.72. The zero-order valence-corrected chi connectivity index (χ0v) is 23.0. The Kier molecular flexibility index (Phi) is 7.08. The fourth-order valence-electron chi connectivity index (χ4n) is 4.97. The third-order valence-corrected chi connectivity index (χ3v) is 8.58. The average Bonchev–Trinajstić information content (AvgIpc) is 3.57. The molecule has 1 aliphatic rings. The summed E-state index contributed by atoms with van der Waals surface area (Å²) in [5.41, 5.74) is 10.8. The smallest absolute Gasteiger partial charge is 0.163 e. The number of nitrogens with zero attached hydrogens (tertiary/aromatic N) is 4. The Bertz CT molecular complexity index is 1620. The lowest BCUT2D eigenvalue weighted by Crippen LogP contribution is -2.40. The normalized spacial score (nSPS) is 15.0. The summed E-state index contributed by atoms with van der Waals surface area (Å²) in [6.07, 6.45) is 6.20. The van der Waals surface area contributed by atoms with Crippen molar-refractivity contribution in [1.29, 1.82) is 0 Å². The van der Waals surface area contributed by atoms with Crippen molar-refractivity contribution in [2.75, 3.05) is 18.0 Å². The fraction of sp³-hybridized carbons (Fsp3) is 0.233. The van der Waals surface area contributed by atoms with Gasteiger partial charge in [-0.2, -0.15) is 0 Å². The summed E-state index contributed by atoms with van der Waals surface area (Å²) in [5.74, 6) is 1.51. The standard InChI is InChI=1S/C30H28ClN5O2S/c1-19(23-4-2-3-5-24(23)31)38-27-15-30(39-28(27)17-37)36-18-34-25-14-20(6-8-26(25)36)21-7-9-29(33-16-21)35-12-10-22(32)11-13-35/h2-9,14-19,22H,10-13,32H2,1H3/t19-/m1/s1. The number of imidazole rings is 1. The zero-order valence-electron chi connectivity index (χ0n) is 21.5. The molecule has 198 valence electrons. The average molecular weight is 558 g/mol. The van der Waals surface area contributed by atoms with Gasteiger partial charge in [0.15, 0.2) is 6.29 Å². The number of halogens is 1. The summed E-state index contributed by atoms with van der Waals surface area (Å²) in [7, 11) is 0. The van der Waals surface area contributed by atoms with Crippen LogP contribution in [0, 0.1) is 0 Å². The maximum absolute atomic E-state index is 11.9. The zero-order chi connectivity index (χ0) is 26.9. The molecule has 0 bridgehead atoms. The second kappa shape index (κ2) is 10.8. The quantitative estimate of drug-likeness (QED) is 0.225. The highest BCUT2D eigenvalue weighted by molar-refractivity contribution is 7.16. The lowest BCUT2D eigenvalue weighted by molar-refractivity contribution is 0.112. The van der Waals surface area contributed by atoms with Crippen molar-refractivity contribution in [3.8, 4) is 21.9 Å². The van der Waals surface area contributed by atoms with E-state index in [1.54, 1.807) is 6.33 Å². The van der Waals surface area contributed by atoms with E-state index in [-0.39, 0.29) is 6.10 Å². The number of anilines is 1. The molecule has 5 aromatic rings. The van der Waals surface area contributed by atoms with E-state index in [4.69, 9.17) is 27.1 Å². The van der Waals surface area contributed by atoms with E-state index in [9.17, 15) is 4.79 Å². The van der Waals surface area contributed by atoms with Crippen molar-refractivity contribution in [3.05, 3.63) is 88.7 Å². The van der Waals surface area contributed by atoms with Crippen molar-refractivity contribution in [2.45, 2.75) is 31.9 Å². The van der Waals surface area contributed by atoms with E-state index in [0.717, 1.165) is 70.8 Å². The van der Waals surface area contributed by atoms with Crippen molar-refractivity contribution in [2.24, 2.45) is 5.73 Å². The molecule has 0 saturated carbocycles. The van der Waals surface area contributed by atoms with Crippen LogP contribution in [-0.2, 0) is 0 Å². The van der Waals surface area contributed by atoms with Crippen molar-refractivity contribution in [1.82, 2.24) is 14.5 Å². The number of carbonyl (C=O) groups excluding carboxylic acids is 1. The molecule has 0 unspecified atom stereocenters. The number of thiophene rings is 1. The number of fused-ring (bicyclic) bond motifs is 1. The minimum Gasteiger partial charge on any atom is -0.484 e. The molecule has 3 aromatic heterocycles. The van der Waals surface area contributed by atoms with Gasteiger partial charge in [0, 0.05) is 47.5 Å². The predicted molar refractivity (Wildman–Crippen MR) is 157 cm³/mol. The van der Waals surface area contributed by atoms with Gasteiger partial charge in [-0.1, -0.05) is 35.9 Å². The molecule has 0 spiro atoms. The highest BCUT2D eigenvalue weighted by atomic mass is 35.5. The van der Waals surface area contributed by atoms with Gasteiger partial charge in [-0.05, 0) is 55.7 Å². The number of pyridine rings is 1. The van der Waals surface area contributed by atoms with Gasteiger partial charge >= 0.3 is 0 Å². The van der Waals surface area contributed by atoms with E-state index in [1.807, 2.05) is 54.1 Å². The van der Waals surface area contributed by atoms with Crippen LogP contribution in [-0.4, -0.2) is 40.0 Å². The molecule has 0 amide bonds. The summed E-state index contributed by atoms with van der Waals surface area (Å²) < 4.78 is 8.15. The van der Waals surface area contributed by atoms with Gasteiger partial charge in [0.05, 0.1) is 11.0 Å². The van der Waals surface area contributed by atoms with Crippen LogP contribution >= 0.6 is 22.9 Å². The van der Waals surface area contributed by atoms with Gasteiger partial charge in [-0.15, -0.1) is 11.3 Å². The van der Waals surface area contributed by atoms with Gasteiger partial charge < -0.3 is 15.4 Å². The molecule has 1 saturated heterocycles. The van der Waals surface area contributed by atoms with Crippen molar-refractivity contribution in [3.63, 3.8) is 0 Å². The van der Waals surface area contributed by atoms with E-state index >= 15 is 0 Å². The van der Waals surface area contributed by atoms with Gasteiger partial charge in [0.2, 0.25) is 0 Å². The first-order chi connectivity index (χ1) is 19.0. The summed E-state index contributed by atoms with van der Waals surface area (Å²) in [5, 5.41) is 1.48. The van der Waals surface area contributed by atoms with Crippen LogP contribution in [0.25, 0.3) is 27.2 Å². The van der Waals surface area contributed by atoms with Crippen LogP contribution in [0.2, 0.25) is 5.02 Å². The van der Waals surface area contributed by atoms with Crippen LogP contribution in [0.1, 0.15) is 41.1 Å². The molecule has 2 aromatic carbocycles. The Morgan fingerprint density at radius 3 is 2.62 bits per heavy atom. The third kappa shape index (κ3) is 5.15. The summed E-state index contributed by atoms with van der Waals surface area (Å²) >= 11 is 7.71. The SMILES string of the molecule is C[C@@H](Oc1cc(-n2cnc3cc(-c4ccc(N5CCC(N)CC5)nc4)ccc32)sc1C=O)c1ccccc1Cl. The maximum Gasteiger partial charge on any atom is 0.163 e. The fourth-order valence-corrected chi connectivity index (χ4v) is 6.15. The summed E-state index contributed by atoms with van der Waals surface area (Å²) in [6.45, 7) is 3.80.